The van der Waals surface area contributed by atoms with E-state index in [1.165, 1.54) is 30.0 Å². The molecule has 0 unspecified atom stereocenters. The molecular weight excluding hydrogens is 313 g/mol. The first-order chi connectivity index (χ1) is 10.3. The van der Waals surface area contributed by atoms with Gasteiger partial charge in [0.25, 0.3) is 5.56 Å². The maximum atomic E-state index is 13.3. The molecule has 0 aliphatic carbocycles. The molecule has 0 fully saturated rings. The van der Waals surface area contributed by atoms with Crippen LogP contribution in [0, 0.1) is 18.3 Å². The fourth-order valence-electron chi connectivity index (χ4n) is 2.13. The Morgan fingerprint density at radius 3 is 2.45 bits per heavy atom. The van der Waals surface area contributed by atoms with Crippen LogP contribution in [0.3, 0.4) is 0 Å². The molecule has 0 saturated carbocycles. The average molecular weight is 324 g/mol. The van der Waals surface area contributed by atoms with Gasteiger partial charge in [-0.25, -0.2) is 0 Å². The lowest BCUT2D eigenvalue weighted by Gasteiger charge is -2.15. The summed E-state index contributed by atoms with van der Waals surface area (Å²) in [5.74, 6) is 0. The Morgan fingerprint density at radius 2 is 1.91 bits per heavy atom. The van der Waals surface area contributed by atoms with Crippen LogP contribution in [-0.4, -0.2) is 11.2 Å². The van der Waals surface area contributed by atoms with Gasteiger partial charge in [-0.15, -0.1) is 11.8 Å². The first kappa shape index (κ1) is 16.2. The number of nitrogens with one attached hydrogen (secondary N) is 1. The number of hydrogen-bond donors (Lipinski definition) is 1. The van der Waals surface area contributed by atoms with Crippen LogP contribution in [0.15, 0.2) is 34.0 Å². The second-order valence-electron chi connectivity index (χ2n) is 4.59. The van der Waals surface area contributed by atoms with Crippen molar-refractivity contribution in [2.45, 2.75) is 18.0 Å². The Morgan fingerprint density at radius 1 is 1.23 bits per heavy atom. The SMILES string of the molecule is CSc1ccc(-c2cc(C)[nH]c(=O)c2C#N)c(C(F)(F)F)c1. The highest BCUT2D eigenvalue weighted by atomic mass is 32.2. The first-order valence-corrected chi connectivity index (χ1v) is 7.40. The van der Waals surface area contributed by atoms with Gasteiger partial charge in [0.2, 0.25) is 0 Å². The van der Waals surface area contributed by atoms with Crippen LogP contribution in [0.25, 0.3) is 11.1 Å². The van der Waals surface area contributed by atoms with Crippen molar-refractivity contribution in [3.8, 4) is 17.2 Å². The van der Waals surface area contributed by atoms with Crippen molar-refractivity contribution >= 4 is 11.8 Å². The third kappa shape index (κ3) is 3.02. The van der Waals surface area contributed by atoms with Crippen molar-refractivity contribution in [1.82, 2.24) is 4.98 Å². The zero-order valence-electron chi connectivity index (χ0n) is 11.7. The van der Waals surface area contributed by atoms with Gasteiger partial charge in [-0.3, -0.25) is 4.79 Å². The highest BCUT2D eigenvalue weighted by molar-refractivity contribution is 7.98. The van der Waals surface area contributed by atoms with Crippen molar-refractivity contribution in [2.75, 3.05) is 6.26 Å². The summed E-state index contributed by atoms with van der Waals surface area (Å²) in [5.41, 5.74) is -1.67. The number of hydrogen-bond acceptors (Lipinski definition) is 3. The van der Waals surface area contributed by atoms with Crippen LogP contribution < -0.4 is 5.56 Å². The van der Waals surface area contributed by atoms with Gasteiger partial charge in [0, 0.05) is 16.2 Å². The molecular formula is C15H11F3N2OS. The Balaban J connectivity index is 2.84. The quantitative estimate of drug-likeness (QED) is 0.851. The summed E-state index contributed by atoms with van der Waals surface area (Å²) in [6, 6.07) is 6.91. The number of aromatic nitrogens is 1. The zero-order chi connectivity index (χ0) is 16.5. The predicted octanol–water partition coefficient (Wildman–Crippen LogP) is 3.96. The molecule has 0 saturated heterocycles. The summed E-state index contributed by atoms with van der Waals surface area (Å²) in [7, 11) is 0. The highest BCUT2D eigenvalue weighted by Gasteiger charge is 2.34. The molecule has 0 aliphatic rings. The maximum absolute atomic E-state index is 13.3. The molecule has 2 aromatic rings. The number of alkyl halides is 3. The lowest BCUT2D eigenvalue weighted by molar-refractivity contribution is -0.137. The van der Waals surface area contributed by atoms with Gasteiger partial charge in [-0.05, 0) is 36.9 Å². The van der Waals surface area contributed by atoms with Crippen molar-refractivity contribution in [2.24, 2.45) is 0 Å². The molecule has 0 aliphatic heterocycles. The summed E-state index contributed by atoms with van der Waals surface area (Å²) in [6.07, 6.45) is -2.91. The van der Waals surface area contributed by atoms with Crippen LogP contribution in [-0.2, 0) is 6.18 Å². The number of rotatable bonds is 2. The normalized spacial score (nSPS) is 11.3. The van der Waals surface area contributed by atoms with Crippen LogP contribution in [0.5, 0.6) is 0 Å². The van der Waals surface area contributed by atoms with E-state index in [0.29, 0.717) is 10.6 Å². The van der Waals surface area contributed by atoms with Gasteiger partial charge in [0.05, 0.1) is 5.56 Å². The van der Waals surface area contributed by atoms with Crippen molar-refractivity contribution < 1.29 is 13.2 Å². The van der Waals surface area contributed by atoms with E-state index in [1.54, 1.807) is 19.2 Å². The lowest BCUT2D eigenvalue weighted by atomic mass is 9.96. The van der Waals surface area contributed by atoms with E-state index >= 15 is 0 Å². The third-order valence-electron chi connectivity index (χ3n) is 3.10. The molecule has 7 heteroatoms. The minimum absolute atomic E-state index is 0.0104. The standard InChI is InChI=1S/C15H11F3N2OS/c1-8-5-11(12(7-19)14(21)20-8)10-4-3-9(22-2)6-13(10)15(16,17)18/h3-6H,1-2H3,(H,20,21). The van der Waals surface area contributed by atoms with Crippen LogP contribution in [0.2, 0.25) is 0 Å². The fraction of sp³-hybridized carbons (Fsp3) is 0.200. The number of pyridine rings is 1. The number of halogens is 3. The van der Waals surface area contributed by atoms with Crippen LogP contribution in [0.4, 0.5) is 13.2 Å². The zero-order valence-corrected chi connectivity index (χ0v) is 12.5. The second-order valence-corrected chi connectivity index (χ2v) is 5.47. The lowest BCUT2D eigenvalue weighted by Crippen LogP contribution is -2.14. The van der Waals surface area contributed by atoms with Gasteiger partial charge >= 0.3 is 6.18 Å². The Bertz CT molecular complexity index is 819. The molecule has 0 bridgehead atoms. The molecule has 2 rings (SSSR count). The summed E-state index contributed by atoms with van der Waals surface area (Å²) in [5, 5.41) is 9.09. The Hall–Kier alpha value is -2.20. The van der Waals surface area contributed by atoms with E-state index in [1.807, 2.05) is 0 Å². The molecule has 1 aromatic carbocycles. The Kier molecular flexibility index (Phi) is 4.33. The summed E-state index contributed by atoms with van der Waals surface area (Å²) in [6.45, 7) is 1.55. The van der Waals surface area contributed by atoms with Crippen molar-refractivity contribution in [1.29, 1.82) is 5.26 Å². The summed E-state index contributed by atoms with van der Waals surface area (Å²) in [4.78, 5) is 14.7. The third-order valence-corrected chi connectivity index (χ3v) is 3.83. The van der Waals surface area contributed by atoms with Crippen molar-refractivity contribution in [3.05, 3.63) is 51.4 Å². The topological polar surface area (TPSA) is 56.6 Å². The first-order valence-electron chi connectivity index (χ1n) is 6.17. The minimum Gasteiger partial charge on any atom is -0.325 e. The molecule has 0 radical (unpaired) electrons. The van der Waals surface area contributed by atoms with Gasteiger partial charge in [-0.1, -0.05) is 6.07 Å². The predicted molar refractivity (Wildman–Crippen MR) is 78.7 cm³/mol. The van der Waals surface area contributed by atoms with Gasteiger partial charge < -0.3 is 4.98 Å². The van der Waals surface area contributed by atoms with Crippen LogP contribution in [0.1, 0.15) is 16.8 Å². The fourth-order valence-corrected chi connectivity index (χ4v) is 2.57. The van der Waals surface area contributed by atoms with E-state index in [-0.39, 0.29) is 16.7 Å². The van der Waals surface area contributed by atoms with Crippen molar-refractivity contribution in [3.63, 3.8) is 0 Å². The molecule has 0 amide bonds. The average Bonchev–Trinajstić information content (AvgIpc) is 2.45. The smallest absolute Gasteiger partial charge is 0.325 e. The number of benzene rings is 1. The number of nitriles is 1. The number of aryl methyl sites for hydroxylation is 1. The molecule has 0 atom stereocenters. The number of thioether (sulfide) groups is 1. The maximum Gasteiger partial charge on any atom is 0.417 e. The molecule has 0 spiro atoms. The number of aromatic amines is 1. The largest absolute Gasteiger partial charge is 0.417 e. The van der Waals surface area contributed by atoms with Gasteiger partial charge in [0.1, 0.15) is 11.6 Å². The highest BCUT2D eigenvalue weighted by Crippen LogP contribution is 2.39. The Labute approximate surface area is 128 Å². The van der Waals surface area contributed by atoms with E-state index in [4.69, 9.17) is 5.26 Å². The summed E-state index contributed by atoms with van der Waals surface area (Å²) >= 11 is 1.19. The molecule has 22 heavy (non-hydrogen) atoms. The molecule has 1 aromatic heterocycles. The van der Waals surface area contributed by atoms with Gasteiger partial charge in [0.15, 0.2) is 0 Å². The second kappa shape index (κ2) is 5.89. The van der Waals surface area contributed by atoms with Gasteiger partial charge in [-0.2, -0.15) is 18.4 Å². The van der Waals surface area contributed by atoms with E-state index in [9.17, 15) is 18.0 Å². The molecule has 3 nitrogen and oxygen atoms in total. The van der Waals surface area contributed by atoms with Crippen LogP contribution >= 0.6 is 11.8 Å². The minimum atomic E-state index is -4.58. The summed E-state index contributed by atoms with van der Waals surface area (Å²) < 4.78 is 39.9. The molecule has 114 valence electrons. The number of nitrogens with zero attached hydrogens (tertiary/aromatic N) is 1. The van der Waals surface area contributed by atoms with E-state index in [0.717, 1.165) is 6.07 Å². The monoisotopic (exact) mass is 324 g/mol. The molecule has 1 heterocycles. The number of H-pyrrole nitrogens is 1. The molecule has 1 N–H and O–H groups in total. The van der Waals surface area contributed by atoms with E-state index < -0.39 is 17.3 Å². The van der Waals surface area contributed by atoms with E-state index in [2.05, 4.69) is 4.98 Å².